The fraction of sp³-hybridized carbons (Fsp3) is 0.294. The van der Waals surface area contributed by atoms with Crippen molar-refractivity contribution in [2.75, 3.05) is 6.79 Å². The van der Waals surface area contributed by atoms with Gasteiger partial charge in [-0.25, -0.2) is 0 Å². The third-order valence-corrected chi connectivity index (χ3v) is 3.74. The van der Waals surface area contributed by atoms with Crippen LogP contribution in [0.1, 0.15) is 36.0 Å². The maximum absolute atomic E-state index is 12.3. The lowest BCUT2D eigenvalue weighted by atomic mass is 10.1. The third-order valence-electron chi connectivity index (χ3n) is 3.74. The number of benzene rings is 1. The zero-order valence-corrected chi connectivity index (χ0v) is 13.4. The lowest BCUT2D eigenvalue weighted by Crippen LogP contribution is -2.45. The van der Waals surface area contributed by atoms with Crippen LogP contribution in [0.3, 0.4) is 0 Å². The van der Waals surface area contributed by atoms with Gasteiger partial charge >= 0.3 is 0 Å². The molecule has 0 spiro atoms. The molecule has 3 rings (SSSR count). The fourth-order valence-corrected chi connectivity index (χ4v) is 2.35. The summed E-state index contributed by atoms with van der Waals surface area (Å²) in [7, 11) is 0. The Morgan fingerprint density at radius 1 is 1.08 bits per heavy atom. The molecule has 1 aliphatic heterocycles. The quantitative estimate of drug-likeness (QED) is 0.875. The molecule has 0 bridgehead atoms. The summed E-state index contributed by atoms with van der Waals surface area (Å²) in [5.74, 6) is 0.793. The molecule has 2 N–H and O–H groups in total. The topological polar surface area (TPSA) is 89.8 Å². The minimum Gasteiger partial charge on any atom is -0.459 e. The van der Waals surface area contributed by atoms with Crippen LogP contribution < -0.4 is 20.1 Å². The molecule has 0 saturated heterocycles. The van der Waals surface area contributed by atoms with Crippen LogP contribution in [-0.4, -0.2) is 24.6 Å². The second kappa shape index (κ2) is 6.66. The van der Waals surface area contributed by atoms with E-state index in [1.54, 1.807) is 13.0 Å². The number of hydrogen-bond donors (Lipinski definition) is 2. The maximum Gasteiger partial charge on any atom is 0.287 e. The van der Waals surface area contributed by atoms with Gasteiger partial charge in [-0.15, -0.1) is 0 Å². The van der Waals surface area contributed by atoms with Crippen LogP contribution in [0.5, 0.6) is 11.5 Å². The van der Waals surface area contributed by atoms with E-state index in [-0.39, 0.29) is 24.5 Å². The first-order chi connectivity index (χ1) is 11.5. The monoisotopic (exact) mass is 330 g/mol. The predicted molar refractivity (Wildman–Crippen MR) is 84.8 cm³/mol. The van der Waals surface area contributed by atoms with Crippen LogP contribution in [0.25, 0.3) is 0 Å². The lowest BCUT2D eigenvalue weighted by molar-refractivity contribution is -0.123. The SMILES string of the molecule is C[C@@H](NC(=O)c1ccco1)C(=O)N[C@H](C)c1ccc2c(c1)OCO2. The molecule has 1 aliphatic rings. The van der Waals surface area contributed by atoms with Gasteiger partial charge in [0.1, 0.15) is 6.04 Å². The average molecular weight is 330 g/mol. The zero-order chi connectivity index (χ0) is 17.1. The van der Waals surface area contributed by atoms with E-state index in [1.807, 2.05) is 25.1 Å². The molecule has 1 aromatic heterocycles. The van der Waals surface area contributed by atoms with Crippen LogP contribution in [-0.2, 0) is 4.79 Å². The van der Waals surface area contributed by atoms with Crippen molar-refractivity contribution in [3.05, 3.63) is 47.9 Å². The number of hydrogen-bond acceptors (Lipinski definition) is 5. The van der Waals surface area contributed by atoms with Gasteiger partial charge < -0.3 is 24.5 Å². The van der Waals surface area contributed by atoms with Gasteiger partial charge in [0.15, 0.2) is 17.3 Å². The second-order valence-corrected chi connectivity index (χ2v) is 5.52. The summed E-state index contributed by atoms with van der Waals surface area (Å²) < 4.78 is 15.6. The number of nitrogens with one attached hydrogen (secondary N) is 2. The molecule has 0 radical (unpaired) electrons. The number of furan rings is 1. The summed E-state index contributed by atoms with van der Waals surface area (Å²) in [5, 5.41) is 5.45. The highest BCUT2D eigenvalue weighted by atomic mass is 16.7. The summed E-state index contributed by atoms with van der Waals surface area (Å²) >= 11 is 0. The van der Waals surface area contributed by atoms with E-state index < -0.39 is 11.9 Å². The highest BCUT2D eigenvalue weighted by molar-refractivity contribution is 5.95. The molecular weight excluding hydrogens is 312 g/mol. The molecule has 24 heavy (non-hydrogen) atoms. The van der Waals surface area contributed by atoms with Crippen LogP contribution in [0, 0.1) is 0 Å². The number of fused-ring (bicyclic) bond motifs is 1. The molecule has 0 saturated carbocycles. The fourth-order valence-electron chi connectivity index (χ4n) is 2.35. The molecule has 0 unspecified atom stereocenters. The second-order valence-electron chi connectivity index (χ2n) is 5.52. The average Bonchev–Trinajstić information content (AvgIpc) is 3.25. The number of ether oxygens (including phenoxy) is 2. The molecule has 2 aromatic rings. The van der Waals surface area contributed by atoms with E-state index in [0.717, 1.165) is 5.56 Å². The van der Waals surface area contributed by atoms with Crippen molar-refractivity contribution < 1.29 is 23.5 Å². The first-order valence-corrected chi connectivity index (χ1v) is 7.59. The van der Waals surface area contributed by atoms with E-state index in [0.29, 0.717) is 11.5 Å². The number of carbonyl (C=O) groups excluding carboxylic acids is 2. The molecular formula is C17H18N2O5. The maximum atomic E-state index is 12.3. The Morgan fingerprint density at radius 3 is 2.62 bits per heavy atom. The number of amides is 2. The van der Waals surface area contributed by atoms with Gasteiger partial charge in [-0.1, -0.05) is 6.07 Å². The molecule has 0 aliphatic carbocycles. The molecule has 0 fully saturated rings. The predicted octanol–water partition coefficient (Wildman–Crippen LogP) is 2.00. The van der Waals surface area contributed by atoms with Crippen molar-refractivity contribution >= 4 is 11.8 Å². The molecule has 126 valence electrons. The minimum atomic E-state index is -0.695. The first kappa shape index (κ1) is 15.9. The zero-order valence-electron chi connectivity index (χ0n) is 13.4. The van der Waals surface area contributed by atoms with Gasteiger partial charge in [0.05, 0.1) is 12.3 Å². The van der Waals surface area contributed by atoms with Crippen molar-refractivity contribution in [3.63, 3.8) is 0 Å². The van der Waals surface area contributed by atoms with Crippen molar-refractivity contribution in [2.24, 2.45) is 0 Å². The molecule has 7 nitrogen and oxygen atoms in total. The van der Waals surface area contributed by atoms with E-state index in [4.69, 9.17) is 13.9 Å². The van der Waals surface area contributed by atoms with Crippen molar-refractivity contribution in [3.8, 4) is 11.5 Å². The third kappa shape index (κ3) is 3.34. The minimum absolute atomic E-state index is 0.165. The Hall–Kier alpha value is -2.96. The van der Waals surface area contributed by atoms with Gasteiger partial charge in [-0.05, 0) is 43.7 Å². The van der Waals surface area contributed by atoms with E-state index >= 15 is 0 Å². The van der Waals surface area contributed by atoms with Gasteiger partial charge in [0, 0.05) is 0 Å². The highest BCUT2D eigenvalue weighted by Gasteiger charge is 2.21. The van der Waals surface area contributed by atoms with Crippen LogP contribution in [0.15, 0.2) is 41.0 Å². The molecule has 2 atom stereocenters. The Kier molecular flexibility index (Phi) is 4.41. The Bertz CT molecular complexity index is 741. The van der Waals surface area contributed by atoms with E-state index in [1.165, 1.54) is 12.3 Å². The standard InChI is InChI=1S/C17H18N2O5/c1-10(12-5-6-13-15(8-12)24-9-23-13)18-16(20)11(2)19-17(21)14-4-3-7-22-14/h3-8,10-11H,9H2,1-2H3,(H,18,20)(H,19,21)/t10-,11-/m1/s1. The van der Waals surface area contributed by atoms with Crippen molar-refractivity contribution in [1.82, 2.24) is 10.6 Å². The Balaban J connectivity index is 1.58. The van der Waals surface area contributed by atoms with Crippen LogP contribution in [0.2, 0.25) is 0 Å². The normalized spacial score (nSPS) is 14.8. The largest absolute Gasteiger partial charge is 0.459 e. The van der Waals surface area contributed by atoms with Crippen LogP contribution in [0.4, 0.5) is 0 Å². The summed E-state index contributed by atoms with van der Waals surface area (Å²) in [6, 6.07) is 7.72. The first-order valence-electron chi connectivity index (χ1n) is 7.59. The van der Waals surface area contributed by atoms with Gasteiger partial charge in [-0.3, -0.25) is 9.59 Å². The summed E-state index contributed by atoms with van der Waals surface area (Å²) in [4.78, 5) is 24.1. The van der Waals surface area contributed by atoms with Crippen LogP contribution >= 0.6 is 0 Å². The number of rotatable bonds is 5. The number of carbonyl (C=O) groups is 2. The summed E-state index contributed by atoms with van der Waals surface area (Å²) in [6.45, 7) is 3.68. The molecule has 7 heteroatoms. The summed E-state index contributed by atoms with van der Waals surface area (Å²) in [5.41, 5.74) is 0.886. The van der Waals surface area contributed by atoms with Crippen molar-refractivity contribution in [1.29, 1.82) is 0 Å². The lowest BCUT2D eigenvalue weighted by Gasteiger charge is -2.18. The molecule has 2 amide bonds. The van der Waals surface area contributed by atoms with E-state index in [2.05, 4.69) is 10.6 Å². The molecule has 2 heterocycles. The summed E-state index contributed by atoms with van der Waals surface area (Å²) in [6.07, 6.45) is 1.40. The molecule has 1 aromatic carbocycles. The van der Waals surface area contributed by atoms with Gasteiger partial charge in [0.25, 0.3) is 5.91 Å². The Labute approximate surface area is 138 Å². The van der Waals surface area contributed by atoms with E-state index in [9.17, 15) is 9.59 Å². The van der Waals surface area contributed by atoms with Crippen molar-refractivity contribution in [2.45, 2.75) is 25.9 Å². The smallest absolute Gasteiger partial charge is 0.287 e. The Morgan fingerprint density at radius 2 is 1.88 bits per heavy atom. The highest BCUT2D eigenvalue weighted by Crippen LogP contribution is 2.34. The van der Waals surface area contributed by atoms with Gasteiger partial charge in [-0.2, -0.15) is 0 Å². The van der Waals surface area contributed by atoms with Gasteiger partial charge in [0.2, 0.25) is 12.7 Å².